The lowest BCUT2D eigenvalue weighted by Gasteiger charge is -2.09. The van der Waals surface area contributed by atoms with Crippen molar-refractivity contribution in [2.75, 3.05) is 5.32 Å². The molecule has 3 aromatic rings. The number of anilines is 1. The highest BCUT2D eigenvalue weighted by atomic mass is 35.5. The number of alkyl halides is 3. The average Bonchev–Trinajstić information content (AvgIpc) is 2.64. The molecule has 0 spiro atoms. The second-order valence-electron chi connectivity index (χ2n) is 5.80. The lowest BCUT2D eigenvalue weighted by molar-refractivity contribution is -0.141. The molecule has 1 amide bonds. The number of benzene rings is 2. The van der Waals surface area contributed by atoms with Gasteiger partial charge in [-0.05, 0) is 35.9 Å². The Morgan fingerprint density at radius 2 is 1.67 bits per heavy atom. The number of aromatic nitrogens is 1. The number of hydrogen-bond donors (Lipinski definition) is 1. The minimum absolute atomic E-state index is 0.122. The Labute approximate surface area is 158 Å². The van der Waals surface area contributed by atoms with Gasteiger partial charge in [0.25, 0.3) is 0 Å². The van der Waals surface area contributed by atoms with Crippen LogP contribution < -0.4 is 5.32 Å². The van der Waals surface area contributed by atoms with Gasteiger partial charge in [0.05, 0.1) is 12.1 Å². The van der Waals surface area contributed by atoms with Crippen molar-refractivity contribution in [1.82, 2.24) is 4.98 Å². The van der Waals surface area contributed by atoms with Crippen LogP contribution in [0.4, 0.5) is 18.9 Å². The summed E-state index contributed by atoms with van der Waals surface area (Å²) >= 11 is 6.04. The quantitative estimate of drug-likeness (QED) is 0.629. The lowest BCUT2D eigenvalue weighted by atomic mass is 10.1. The standard InChI is InChI=1S/C20H14ClF3N2O/c21-16-5-2-1-4-14(16)12-19(27)25-15-10-8-13(9-11-15)17-6-3-7-18(26-17)20(22,23)24/h1-11H,12H2,(H,25,27). The van der Waals surface area contributed by atoms with Gasteiger partial charge < -0.3 is 5.32 Å². The van der Waals surface area contributed by atoms with Gasteiger partial charge in [-0.2, -0.15) is 13.2 Å². The van der Waals surface area contributed by atoms with E-state index in [1.54, 1.807) is 48.5 Å². The van der Waals surface area contributed by atoms with E-state index in [2.05, 4.69) is 10.3 Å². The van der Waals surface area contributed by atoms with Gasteiger partial charge in [-0.1, -0.05) is 48.0 Å². The Morgan fingerprint density at radius 3 is 2.33 bits per heavy atom. The molecule has 3 nitrogen and oxygen atoms in total. The van der Waals surface area contributed by atoms with Gasteiger partial charge in [-0.3, -0.25) is 4.79 Å². The van der Waals surface area contributed by atoms with E-state index in [0.29, 0.717) is 21.8 Å². The topological polar surface area (TPSA) is 42.0 Å². The first-order valence-corrected chi connectivity index (χ1v) is 8.39. The van der Waals surface area contributed by atoms with E-state index in [4.69, 9.17) is 11.6 Å². The minimum atomic E-state index is -4.50. The van der Waals surface area contributed by atoms with Crippen molar-refractivity contribution in [3.63, 3.8) is 0 Å². The lowest BCUT2D eigenvalue weighted by Crippen LogP contribution is -2.14. The Morgan fingerprint density at radius 1 is 0.963 bits per heavy atom. The number of halogens is 4. The van der Waals surface area contributed by atoms with E-state index < -0.39 is 11.9 Å². The zero-order chi connectivity index (χ0) is 19.4. The second-order valence-corrected chi connectivity index (χ2v) is 6.21. The van der Waals surface area contributed by atoms with E-state index in [0.717, 1.165) is 6.07 Å². The van der Waals surface area contributed by atoms with Gasteiger partial charge in [0.15, 0.2) is 0 Å². The maximum atomic E-state index is 12.8. The molecule has 0 aliphatic heterocycles. The zero-order valence-corrected chi connectivity index (χ0v) is 14.7. The van der Waals surface area contributed by atoms with Crippen LogP contribution in [-0.4, -0.2) is 10.9 Å². The van der Waals surface area contributed by atoms with Crippen LogP contribution in [0.3, 0.4) is 0 Å². The normalized spacial score (nSPS) is 11.3. The predicted molar refractivity (Wildman–Crippen MR) is 98.5 cm³/mol. The van der Waals surface area contributed by atoms with E-state index in [-0.39, 0.29) is 18.0 Å². The third kappa shape index (κ3) is 4.86. The second kappa shape index (κ2) is 7.80. The number of rotatable bonds is 4. The van der Waals surface area contributed by atoms with Crippen LogP contribution in [0.15, 0.2) is 66.7 Å². The van der Waals surface area contributed by atoms with Crippen LogP contribution in [0.25, 0.3) is 11.3 Å². The predicted octanol–water partition coefficient (Wildman–Crippen LogP) is 5.60. The van der Waals surface area contributed by atoms with Crippen molar-refractivity contribution in [1.29, 1.82) is 0 Å². The van der Waals surface area contributed by atoms with Gasteiger partial charge >= 0.3 is 6.18 Å². The number of carbonyl (C=O) groups excluding carboxylic acids is 1. The molecule has 1 N–H and O–H groups in total. The number of amides is 1. The first kappa shape index (κ1) is 18.9. The van der Waals surface area contributed by atoms with Gasteiger partial charge in [0, 0.05) is 16.3 Å². The van der Waals surface area contributed by atoms with Crippen LogP contribution in [0.2, 0.25) is 5.02 Å². The Bertz CT molecular complexity index is 956. The molecule has 0 unspecified atom stereocenters. The summed E-state index contributed by atoms with van der Waals surface area (Å²) in [6, 6.07) is 17.2. The fourth-order valence-corrected chi connectivity index (χ4v) is 2.70. The number of nitrogens with zero attached hydrogens (tertiary/aromatic N) is 1. The van der Waals surface area contributed by atoms with Crippen molar-refractivity contribution in [2.45, 2.75) is 12.6 Å². The number of hydrogen-bond acceptors (Lipinski definition) is 2. The maximum Gasteiger partial charge on any atom is 0.433 e. The minimum Gasteiger partial charge on any atom is -0.326 e. The van der Waals surface area contributed by atoms with Crippen LogP contribution in [0, 0.1) is 0 Å². The molecule has 27 heavy (non-hydrogen) atoms. The maximum absolute atomic E-state index is 12.8. The summed E-state index contributed by atoms with van der Waals surface area (Å²) in [6.07, 6.45) is -4.38. The molecule has 0 aliphatic rings. The highest BCUT2D eigenvalue weighted by molar-refractivity contribution is 6.31. The smallest absolute Gasteiger partial charge is 0.326 e. The van der Waals surface area contributed by atoms with Crippen molar-refractivity contribution < 1.29 is 18.0 Å². The molecule has 0 radical (unpaired) electrons. The van der Waals surface area contributed by atoms with Crippen LogP contribution in [0.5, 0.6) is 0 Å². The fraction of sp³-hybridized carbons (Fsp3) is 0.100. The molecule has 0 saturated heterocycles. The third-order valence-electron chi connectivity index (χ3n) is 3.81. The summed E-state index contributed by atoms with van der Waals surface area (Å²) in [5.41, 5.74) is 1.02. The molecular weight excluding hydrogens is 377 g/mol. The molecule has 0 aliphatic carbocycles. The summed E-state index contributed by atoms with van der Waals surface area (Å²) in [5.74, 6) is -0.243. The van der Waals surface area contributed by atoms with Gasteiger partial charge in [0.2, 0.25) is 5.91 Å². The Balaban J connectivity index is 1.71. The van der Waals surface area contributed by atoms with Crippen molar-refractivity contribution >= 4 is 23.2 Å². The zero-order valence-electron chi connectivity index (χ0n) is 13.9. The Kier molecular flexibility index (Phi) is 5.46. The molecular formula is C20H14ClF3N2O. The van der Waals surface area contributed by atoms with E-state index in [1.807, 2.05) is 0 Å². The molecule has 2 aromatic carbocycles. The first-order valence-electron chi connectivity index (χ1n) is 8.01. The number of nitrogens with one attached hydrogen (secondary N) is 1. The summed E-state index contributed by atoms with van der Waals surface area (Å²) in [4.78, 5) is 15.8. The summed E-state index contributed by atoms with van der Waals surface area (Å²) in [6.45, 7) is 0. The highest BCUT2D eigenvalue weighted by Gasteiger charge is 2.32. The van der Waals surface area contributed by atoms with E-state index in [1.165, 1.54) is 12.1 Å². The van der Waals surface area contributed by atoms with Crippen LogP contribution >= 0.6 is 11.6 Å². The molecule has 7 heteroatoms. The molecule has 0 bridgehead atoms. The van der Waals surface area contributed by atoms with Crippen molar-refractivity contribution in [3.8, 4) is 11.3 Å². The van der Waals surface area contributed by atoms with E-state index >= 15 is 0 Å². The van der Waals surface area contributed by atoms with Crippen molar-refractivity contribution in [2.24, 2.45) is 0 Å². The summed E-state index contributed by atoms with van der Waals surface area (Å²) in [7, 11) is 0. The van der Waals surface area contributed by atoms with Gasteiger partial charge in [-0.25, -0.2) is 4.98 Å². The van der Waals surface area contributed by atoms with Gasteiger partial charge in [0.1, 0.15) is 5.69 Å². The molecule has 0 saturated carbocycles. The average molecular weight is 391 g/mol. The summed E-state index contributed by atoms with van der Waals surface area (Å²) in [5, 5.41) is 3.25. The molecule has 3 rings (SSSR count). The third-order valence-corrected chi connectivity index (χ3v) is 4.18. The number of pyridine rings is 1. The molecule has 0 fully saturated rings. The monoisotopic (exact) mass is 390 g/mol. The molecule has 1 aromatic heterocycles. The SMILES string of the molecule is O=C(Cc1ccccc1Cl)Nc1ccc(-c2cccc(C(F)(F)F)n2)cc1. The largest absolute Gasteiger partial charge is 0.433 e. The summed E-state index contributed by atoms with van der Waals surface area (Å²) < 4.78 is 38.3. The Hall–Kier alpha value is -2.86. The van der Waals surface area contributed by atoms with E-state index in [9.17, 15) is 18.0 Å². The molecule has 138 valence electrons. The molecule has 1 heterocycles. The molecule has 0 atom stereocenters. The van der Waals surface area contributed by atoms with Crippen molar-refractivity contribution in [3.05, 3.63) is 83.0 Å². The highest BCUT2D eigenvalue weighted by Crippen LogP contribution is 2.29. The van der Waals surface area contributed by atoms with Gasteiger partial charge in [-0.15, -0.1) is 0 Å². The van der Waals surface area contributed by atoms with Crippen LogP contribution in [-0.2, 0) is 17.4 Å². The first-order chi connectivity index (χ1) is 12.8. The fourth-order valence-electron chi connectivity index (χ4n) is 2.50. The number of carbonyl (C=O) groups is 1. The van der Waals surface area contributed by atoms with Crippen LogP contribution in [0.1, 0.15) is 11.3 Å².